The van der Waals surface area contributed by atoms with Gasteiger partial charge >= 0.3 is 0 Å². The molecule has 1 aromatic carbocycles. The van der Waals surface area contributed by atoms with E-state index in [1.807, 2.05) is 11.8 Å². The van der Waals surface area contributed by atoms with Crippen LogP contribution in [0.3, 0.4) is 0 Å². The topological polar surface area (TPSA) is 15.3 Å². The van der Waals surface area contributed by atoms with Gasteiger partial charge in [0.2, 0.25) is 0 Å². The Morgan fingerprint density at radius 1 is 1.09 bits per heavy atom. The van der Waals surface area contributed by atoms with Gasteiger partial charge in [-0.15, -0.1) is 0 Å². The summed E-state index contributed by atoms with van der Waals surface area (Å²) < 4.78 is 0. The molecular weight excluding hydrogens is 288 g/mol. The first-order chi connectivity index (χ1) is 10.8. The first kappa shape index (κ1) is 19.5. The van der Waals surface area contributed by atoms with E-state index in [-0.39, 0.29) is 0 Å². The number of unbranched alkanes of at least 4 members (excludes halogenated alkanes) is 1. The third-order valence-electron chi connectivity index (χ3n) is 4.12. The molecule has 1 unspecified atom stereocenters. The SMILES string of the molecule is CCCCN(CCNCCSCc1ccccc1)C(C)CC. The van der Waals surface area contributed by atoms with Crippen LogP contribution in [0.15, 0.2) is 30.3 Å². The molecule has 126 valence electrons. The van der Waals surface area contributed by atoms with Crippen LogP contribution in [0.5, 0.6) is 0 Å². The maximum absolute atomic E-state index is 3.60. The molecule has 0 heterocycles. The summed E-state index contributed by atoms with van der Waals surface area (Å²) in [4.78, 5) is 2.63. The van der Waals surface area contributed by atoms with Crippen LogP contribution in [0, 0.1) is 0 Å². The molecule has 0 aromatic heterocycles. The Labute approximate surface area is 142 Å². The highest BCUT2D eigenvalue weighted by Gasteiger charge is 2.10. The Hall–Kier alpha value is -0.510. The van der Waals surface area contributed by atoms with E-state index in [0.717, 1.165) is 18.8 Å². The molecule has 0 spiro atoms. The van der Waals surface area contributed by atoms with Crippen molar-refractivity contribution < 1.29 is 0 Å². The van der Waals surface area contributed by atoms with Gasteiger partial charge in [-0.05, 0) is 31.9 Å². The molecule has 0 bridgehead atoms. The normalized spacial score (nSPS) is 12.7. The fourth-order valence-electron chi connectivity index (χ4n) is 2.43. The molecule has 2 nitrogen and oxygen atoms in total. The van der Waals surface area contributed by atoms with Crippen molar-refractivity contribution in [2.45, 2.75) is 51.8 Å². The third kappa shape index (κ3) is 8.82. The van der Waals surface area contributed by atoms with Gasteiger partial charge in [-0.25, -0.2) is 0 Å². The molecule has 1 rings (SSSR count). The van der Waals surface area contributed by atoms with Crippen molar-refractivity contribution in [3.05, 3.63) is 35.9 Å². The summed E-state index contributed by atoms with van der Waals surface area (Å²) in [6, 6.07) is 11.4. The fourth-order valence-corrected chi connectivity index (χ4v) is 3.29. The molecule has 0 radical (unpaired) electrons. The molecule has 1 N–H and O–H groups in total. The van der Waals surface area contributed by atoms with Gasteiger partial charge in [0, 0.05) is 37.2 Å². The maximum Gasteiger partial charge on any atom is 0.0185 e. The average molecular weight is 323 g/mol. The average Bonchev–Trinajstić information content (AvgIpc) is 2.57. The minimum atomic E-state index is 0.709. The van der Waals surface area contributed by atoms with Gasteiger partial charge < -0.3 is 5.32 Å². The molecular formula is C19H34N2S. The van der Waals surface area contributed by atoms with Crippen molar-refractivity contribution in [3.8, 4) is 0 Å². The Bertz CT molecular complexity index is 356. The predicted octanol–water partition coefficient (Wildman–Crippen LogP) is 4.41. The Morgan fingerprint density at radius 2 is 1.86 bits per heavy atom. The van der Waals surface area contributed by atoms with Crippen LogP contribution < -0.4 is 5.32 Å². The van der Waals surface area contributed by atoms with Crippen LogP contribution in [0.4, 0.5) is 0 Å². The van der Waals surface area contributed by atoms with E-state index in [4.69, 9.17) is 0 Å². The molecule has 0 aliphatic carbocycles. The van der Waals surface area contributed by atoms with E-state index in [9.17, 15) is 0 Å². The Balaban J connectivity index is 2.05. The van der Waals surface area contributed by atoms with Crippen LogP contribution in [0.1, 0.15) is 45.6 Å². The van der Waals surface area contributed by atoms with Crippen LogP contribution in [0.2, 0.25) is 0 Å². The number of rotatable bonds is 13. The zero-order chi connectivity index (χ0) is 16.0. The monoisotopic (exact) mass is 322 g/mol. The van der Waals surface area contributed by atoms with Crippen molar-refractivity contribution in [2.75, 3.05) is 31.9 Å². The molecule has 0 saturated carbocycles. The lowest BCUT2D eigenvalue weighted by atomic mass is 10.2. The third-order valence-corrected chi connectivity index (χ3v) is 5.15. The first-order valence-electron chi connectivity index (χ1n) is 8.84. The minimum absolute atomic E-state index is 0.709. The van der Waals surface area contributed by atoms with E-state index < -0.39 is 0 Å². The number of hydrogen-bond acceptors (Lipinski definition) is 3. The van der Waals surface area contributed by atoms with Gasteiger partial charge in [-0.2, -0.15) is 11.8 Å². The summed E-state index contributed by atoms with van der Waals surface area (Å²) in [6.07, 6.45) is 3.85. The van der Waals surface area contributed by atoms with Crippen molar-refractivity contribution in [2.24, 2.45) is 0 Å². The molecule has 22 heavy (non-hydrogen) atoms. The van der Waals surface area contributed by atoms with E-state index >= 15 is 0 Å². The number of nitrogens with one attached hydrogen (secondary N) is 1. The highest BCUT2D eigenvalue weighted by Crippen LogP contribution is 2.10. The highest BCUT2D eigenvalue weighted by molar-refractivity contribution is 7.98. The van der Waals surface area contributed by atoms with Crippen LogP contribution >= 0.6 is 11.8 Å². The van der Waals surface area contributed by atoms with Crippen molar-refractivity contribution >= 4 is 11.8 Å². The molecule has 0 amide bonds. The lowest BCUT2D eigenvalue weighted by molar-refractivity contribution is 0.202. The van der Waals surface area contributed by atoms with E-state index in [1.165, 1.54) is 43.7 Å². The Morgan fingerprint density at radius 3 is 2.55 bits per heavy atom. The molecule has 0 aliphatic heterocycles. The number of hydrogen-bond donors (Lipinski definition) is 1. The van der Waals surface area contributed by atoms with Crippen LogP contribution in [-0.2, 0) is 5.75 Å². The molecule has 0 fully saturated rings. The molecule has 1 aromatic rings. The lowest BCUT2D eigenvalue weighted by Crippen LogP contribution is -2.39. The Kier molecular flexibility index (Phi) is 11.5. The fraction of sp³-hybridized carbons (Fsp3) is 0.684. The second-order valence-corrected chi connectivity index (χ2v) is 7.04. The maximum atomic E-state index is 3.60. The summed E-state index contributed by atoms with van der Waals surface area (Å²) in [7, 11) is 0. The quantitative estimate of drug-likeness (QED) is 0.542. The van der Waals surface area contributed by atoms with Crippen molar-refractivity contribution in [1.29, 1.82) is 0 Å². The summed E-state index contributed by atoms with van der Waals surface area (Å²) in [5, 5.41) is 3.60. The van der Waals surface area contributed by atoms with Gasteiger partial charge in [0.25, 0.3) is 0 Å². The van der Waals surface area contributed by atoms with E-state index in [2.05, 4.69) is 61.3 Å². The molecule has 3 heteroatoms. The van der Waals surface area contributed by atoms with Gasteiger partial charge in [-0.1, -0.05) is 50.6 Å². The van der Waals surface area contributed by atoms with Gasteiger partial charge in [-0.3, -0.25) is 4.90 Å². The zero-order valence-electron chi connectivity index (χ0n) is 14.7. The number of benzene rings is 1. The summed E-state index contributed by atoms with van der Waals surface area (Å²) >= 11 is 2.01. The van der Waals surface area contributed by atoms with Gasteiger partial charge in [0.1, 0.15) is 0 Å². The second kappa shape index (κ2) is 13.0. The lowest BCUT2D eigenvalue weighted by Gasteiger charge is -2.28. The smallest absolute Gasteiger partial charge is 0.0185 e. The molecule has 0 aliphatic rings. The summed E-state index contributed by atoms with van der Waals surface area (Å²) in [5.74, 6) is 2.31. The first-order valence-corrected chi connectivity index (χ1v) is 9.99. The molecule has 1 atom stereocenters. The highest BCUT2D eigenvalue weighted by atomic mass is 32.2. The zero-order valence-corrected chi connectivity index (χ0v) is 15.5. The van der Waals surface area contributed by atoms with E-state index in [0.29, 0.717) is 6.04 Å². The second-order valence-electron chi connectivity index (χ2n) is 5.93. The number of thioether (sulfide) groups is 1. The van der Waals surface area contributed by atoms with Crippen molar-refractivity contribution in [1.82, 2.24) is 10.2 Å². The largest absolute Gasteiger partial charge is 0.315 e. The van der Waals surface area contributed by atoms with Gasteiger partial charge in [0.05, 0.1) is 0 Å². The molecule has 0 saturated heterocycles. The summed E-state index contributed by atoms with van der Waals surface area (Å²) in [5.41, 5.74) is 1.43. The number of nitrogens with zero attached hydrogens (tertiary/aromatic N) is 1. The van der Waals surface area contributed by atoms with Crippen LogP contribution in [0.25, 0.3) is 0 Å². The summed E-state index contributed by atoms with van der Waals surface area (Å²) in [6.45, 7) is 11.6. The van der Waals surface area contributed by atoms with Crippen molar-refractivity contribution in [3.63, 3.8) is 0 Å². The van der Waals surface area contributed by atoms with Crippen LogP contribution in [-0.4, -0.2) is 42.9 Å². The standard InChI is InChI=1S/C19H34N2S/c1-4-6-14-21(18(3)5-2)15-12-20-13-16-22-17-19-10-8-7-9-11-19/h7-11,18,20H,4-6,12-17H2,1-3H3. The van der Waals surface area contributed by atoms with Gasteiger partial charge in [0.15, 0.2) is 0 Å². The minimum Gasteiger partial charge on any atom is -0.315 e. The van der Waals surface area contributed by atoms with E-state index in [1.54, 1.807) is 0 Å². The predicted molar refractivity (Wildman–Crippen MR) is 102 cm³/mol.